The second-order valence-corrected chi connectivity index (χ2v) is 4.91. The normalized spacial score (nSPS) is 10.5. The molecule has 0 unspecified atom stereocenters. The third-order valence-corrected chi connectivity index (χ3v) is 3.59. The molecule has 3 rings (SSSR count). The summed E-state index contributed by atoms with van der Waals surface area (Å²) in [7, 11) is 3.42. The van der Waals surface area contributed by atoms with Gasteiger partial charge in [0.15, 0.2) is 0 Å². The number of fused-ring (bicyclic) bond motifs is 1. The maximum Gasteiger partial charge on any atom is 0.232 e. The van der Waals surface area contributed by atoms with Crippen molar-refractivity contribution < 1.29 is 9.47 Å². The number of anilines is 1. The van der Waals surface area contributed by atoms with Crippen LogP contribution in [0, 0.1) is 0 Å². The first-order valence-electron chi connectivity index (χ1n) is 6.05. The summed E-state index contributed by atoms with van der Waals surface area (Å²) >= 11 is 1.56. The van der Waals surface area contributed by atoms with E-state index in [4.69, 9.17) is 9.47 Å². The Balaban J connectivity index is 1.98. The highest BCUT2D eigenvalue weighted by Crippen LogP contribution is 2.31. The Bertz CT molecular complexity index is 725. The zero-order chi connectivity index (χ0) is 13.9. The van der Waals surface area contributed by atoms with Crippen LogP contribution in [0.2, 0.25) is 0 Å². The van der Waals surface area contributed by atoms with Gasteiger partial charge in [-0.15, -0.1) is 11.3 Å². The number of ether oxygens (including phenoxy) is 2. The molecule has 20 heavy (non-hydrogen) atoms. The topological polar surface area (TPSA) is 56.3 Å². The molecule has 0 aliphatic rings. The molecule has 0 amide bonds. The van der Waals surface area contributed by atoms with E-state index >= 15 is 0 Å². The summed E-state index contributed by atoms with van der Waals surface area (Å²) in [5.41, 5.74) is 0. The predicted octanol–water partition coefficient (Wildman–Crippen LogP) is 3.53. The Labute approximate surface area is 120 Å². The van der Waals surface area contributed by atoms with Gasteiger partial charge in [-0.3, -0.25) is 0 Å². The van der Waals surface area contributed by atoms with Gasteiger partial charge >= 0.3 is 0 Å². The Morgan fingerprint density at radius 2 is 1.80 bits per heavy atom. The molecule has 5 nitrogen and oxygen atoms in total. The van der Waals surface area contributed by atoms with Crippen LogP contribution in [-0.2, 0) is 0 Å². The fourth-order valence-electron chi connectivity index (χ4n) is 1.77. The van der Waals surface area contributed by atoms with Crippen LogP contribution in [0.15, 0.2) is 35.7 Å². The molecule has 0 aliphatic heterocycles. The molecule has 0 saturated heterocycles. The molecule has 1 aromatic carbocycles. The smallest absolute Gasteiger partial charge is 0.232 e. The van der Waals surface area contributed by atoms with Crippen LogP contribution >= 0.6 is 11.3 Å². The first-order valence-corrected chi connectivity index (χ1v) is 6.93. The zero-order valence-corrected chi connectivity index (χ0v) is 11.9. The van der Waals surface area contributed by atoms with Crippen molar-refractivity contribution in [3.8, 4) is 17.4 Å². The van der Waals surface area contributed by atoms with Crippen LogP contribution < -0.4 is 14.8 Å². The van der Waals surface area contributed by atoms with E-state index in [1.807, 2.05) is 35.7 Å². The molecular formula is C14H13N3O2S. The highest BCUT2D eigenvalue weighted by molar-refractivity contribution is 7.16. The number of aromatic nitrogens is 2. The fourth-order valence-corrected chi connectivity index (χ4v) is 2.53. The number of nitrogens with one attached hydrogen (secondary N) is 1. The van der Waals surface area contributed by atoms with E-state index in [2.05, 4.69) is 15.3 Å². The molecule has 2 heterocycles. The Hall–Kier alpha value is -2.34. The van der Waals surface area contributed by atoms with E-state index in [1.165, 1.54) is 0 Å². The van der Waals surface area contributed by atoms with Gasteiger partial charge in [0.2, 0.25) is 11.8 Å². The summed E-state index contributed by atoms with van der Waals surface area (Å²) < 4.78 is 11.0. The molecule has 0 bridgehead atoms. The van der Waals surface area contributed by atoms with Crippen molar-refractivity contribution in [1.82, 2.24) is 9.97 Å². The SMILES string of the molecule is CNc1nc(Oc2ccc(OC)cc2)c2ccsc2n1. The van der Waals surface area contributed by atoms with E-state index in [0.29, 0.717) is 17.6 Å². The molecule has 6 heteroatoms. The number of thiophene rings is 1. The molecule has 0 aliphatic carbocycles. The van der Waals surface area contributed by atoms with Crippen LogP contribution in [0.3, 0.4) is 0 Å². The Morgan fingerprint density at radius 1 is 1.05 bits per heavy atom. The van der Waals surface area contributed by atoms with Gasteiger partial charge in [0.05, 0.1) is 12.5 Å². The summed E-state index contributed by atoms with van der Waals surface area (Å²) in [4.78, 5) is 9.64. The predicted molar refractivity (Wildman–Crippen MR) is 80.0 cm³/mol. The lowest BCUT2D eigenvalue weighted by Crippen LogP contribution is -1.98. The summed E-state index contributed by atoms with van der Waals surface area (Å²) in [5.74, 6) is 2.59. The molecule has 3 aromatic rings. The van der Waals surface area contributed by atoms with Gasteiger partial charge in [-0.2, -0.15) is 4.98 Å². The second-order valence-electron chi connectivity index (χ2n) is 4.02. The van der Waals surface area contributed by atoms with Crippen LogP contribution in [0.4, 0.5) is 5.95 Å². The molecule has 102 valence electrons. The molecular weight excluding hydrogens is 274 g/mol. The van der Waals surface area contributed by atoms with Crippen molar-refractivity contribution in [3.05, 3.63) is 35.7 Å². The minimum absolute atomic E-state index is 0.545. The average Bonchev–Trinajstić information content (AvgIpc) is 2.96. The number of benzene rings is 1. The van der Waals surface area contributed by atoms with Crippen LogP contribution in [-0.4, -0.2) is 24.1 Å². The van der Waals surface area contributed by atoms with Gasteiger partial charge in [0.25, 0.3) is 0 Å². The van der Waals surface area contributed by atoms with Crippen LogP contribution in [0.5, 0.6) is 17.4 Å². The van der Waals surface area contributed by atoms with Crippen molar-refractivity contribution in [1.29, 1.82) is 0 Å². The Kier molecular flexibility index (Phi) is 3.39. The number of hydrogen-bond acceptors (Lipinski definition) is 6. The molecule has 1 N–H and O–H groups in total. The maximum absolute atomic E-state index is 5.85. The second kappa shape index (κ2) is 5.34. The molecule has 0 saturated carbocycles. The van der Waals surface area contributed by atoms with Gasteiger partial charge in [0.1, 0.15) is 16.3 Å². The minimum atomic E-state index is 0.545. The quantitative estimate of drug-likeness (QED) is 0.795. The lowest BCUT2D eigenvalue weighted by Gasteiger charge is -2.08. The number of methoxy groups -OCH3 is 1. The highest BCUT2D eigenvalue weighted by atomic mass is 32.1. The van der Waals surface area contributed by atoms with E-state index < -0.39 is 0 Å². The van der Waals surface area contributed by atoms with Crippen molar-refractivity contribution >= 4 is 27.5 Å². The monoisotopic (exact) mass is 287 g/mol. The van der Waals surface area contributed by atoms with E-state index in [9.17, 15) is 0 Å². The number of rotatable bonds is 4. The zero-order valence-electron chi connectivity index (χ0n) is 11.1. The van der Waals surface area contributed by atoms with E-state index in [-0.39, 0.29) is 0 Å². The van der Waals surface area contributed by atoms with Crippen molar-refractivity contribution in [3.63, 3.8) is 0 Å². The third-order valence-electron chi connectivity index (χ3n) is 2.79. The van der Waals surface area contributed by atoms with Crippen molar-refractivity contribution in [2.75, 3.05) is 19.5 Å². The molecule has 2 aromatic heterocycles. The third kappa shape index (κ3) is 2.37. The summed E-state index contributed by atoms with van der Waals surface area (Å²) in [5, 5.41) is 5.82. The van der Waals surface area contributed by atoms with Gasteiger partial charge in [0, 0.05) is 7.05 Å². The lowest BCUT2D eigenvalue weighted by molar-refractivity contribution is 0.412. The van der Waals surface area contributed by atoms with E-state index in [1.54, 1.807) is 25.5 Å². The number of nitrogens with zero attached hydrogens (tertiary/aromatic N) is 2. The maximum atomic E-state index is 5.85. The van der Waals surface area contributed by atoms with Crippen molar-refractivity contribution in [2.24, 2.45) is 0 Å². The molecule has 0 atom stereocenters. The number of hydrogen-bond donors (Lipinski definition) is 1. The van der Waals surface area contributed by atoms with Gasteiger partial charge in [-0.05, 0) is 35.7 Å². The van der Waals surface area contributed by atoms with Gasteiger partial charge < -0.3 is 14.8 Å². The highest BCUT2D eigenvalue weighted by Gasteiger charge is 2.10. The van der Waals surface area contributed by atoms with Gasteiger partial charge in [-0.1, -0.05) is 0 Å². The standard InChI is InChI=1S/C14H13N3O2S/c1-15-14-16-12(11-7-8-20-13(11)17-14)19-10-5-3-9(18-2)4-6-10/h3-8H,1-2H3,(H,15,16,17). The summed E-state index contributed by atoms with van der Waals surface area (Å²) in [6.07, 6.45) is 0. The largest absolute Gasteiger partial charge is 0.497 e. The molecule has 0 spiro atoms. The Morgan fingerprint density at radius 3 is 2.50 bits per heavy atom. The first kappa shape index (κ1) is 12.7. The summed E-state index contributed by atoms with van der Waals surface area (Å²) in [6.45, 7) is 0. The van der Waals surface area contributed by atoms with Gasteiger partial charge in [-0.25, -0.2) is 4.98 Å². The fraction of sp³-hybridized carbons (Fsp3) is 0.143. The molecule has 0 radical (unpaired) electrons. The summed E-state index contributed by atoms with van der Waals surface area (Å²) in [6, 6.07) is 9.34. The van der Waals surface area contributed by atoms with Crippen LogP contribution in [0.25, 0.3) is 10.2 Å². The van der Waals surface area contributed by atoms with Crippen molar-refractivity contribution in [2.45, 2.75) is 0 Å². The minimum Gasteiger partial charge on any atom is -0.497 e. The van der Waals surface area contributed by atoms with Crippen LogP contribution in [0.1, 0.15) is 0 Å². The first-order chi connectivity index (χ1) is 9.80. The lowest BCUT2D eigenvalue weighted by atomic mass is 10.3. The molecule has 0 fully saturated rings. The van der Waals surface area contributed by atoms with E-state index in [0.717, 1.165) is 16.0 Å². The average molecular weight is 287 g/mol.